The Morgan fingerprint density at radius 2 is 1.80 bits per heavy atom. The standard InChI is InChI=1S/C17H26N4O4/c1-17(2,3)15(23)20-13-7-5-6-12(10-13)19-11-14(22)21-16(24)18-8-9-25-4/h5-7,10,19H,8-9,11H2,1-4H3,(H,20,23)(H2,18,21,22,24). The molecule has 0 heterocycles. The molecule has 25 heavy (non-hydrogen) atoms. The van der Waals surface area contributed by atoms with Gasteiger partial charge in [-0.15, -0.1) is 0 Å². The van der Waals surface area contributed by atoms with Crippen molar-refractivity contribution in [1.82, 2.24) is 10.6 Å². The van der Waals surface area contributed by atoms with Crippen molar-refractivity contribution in [3.63, 3.8) is 0 Å². The zero-order chi connectivity index (χ0) is 18.9. The van der Waals surface area contributed by atoms with Crippen molar-refractivity contribution in [1.29, 1.82) is 0 Å². The third kappa shape index (κ3) is 8.16. The summed E-state index contributed by atoms with van der Waals surface area (Å²) in [5, 5.41) is 10.4. The number of carbonyl (C=O) groups is 3. The van der Waals surface area contributed by atoms with E-state index in [4.69, 9.17) is 4.74 Å². The molecule has 0 atom stereocenters. The molecule has 0 aromatic heterocycles. The molecule has 0 saturated carbocycles. The van der Waals surface area contributed by atoms with Crippen molar-refractivity contribution in [2.24, 2.45) is 5.41 Å². The largest absolute Gasteiger partial charge is 0.383 e. The summed E-state index contributed by atoms with van der Waals surface area (Å²) in [6.07, 6.45) is 0. The highest BCUT2D eigenvalue weighted by Gasteiger charge is 2.21. The van der Waals surface area contributed by atoms with E-state index < -0.39 is 17.4 Å². The van der Waals surface area contributed by atoms with E-state index in [1.807, 2.05) is 20.8 Å². The molecule has 1 aromatic rings. The van der Waals surface area contributed by atoms with Crippen LogP contribution in [0, 0.1) is 5.41 Å². The summed E-state index contributed by atoms with van der Waals surface area (Å²) in [5.74, 6) is -0.575. The molecule has 0 unspecified atom stereocenters. The highest BCUT2D eigenvalue weighted by Crippen LogP contribution is 2.19. The smallest absolute Gasteiger partial charge is 0.321 e. The van der Waals surface area contributed by atoms with Gasteiger partial charge in [-0.05, 0) is 18.2 Å². The second kappa shape index (κ2) is 9.63. The molecule has 0 aliphatic heterocycles. The van der Waals surface area contributed by atoms with E-state index in [0.717, 1.165) is 0 Å². The summed E-state index contributed by atoms with van der Waals surface area (Å²) in [6, 6.07) is 6.43. The minimum atomic E-state index is -0.574. The number of ether oxygens (including phenoxy) is 1. The quantitative estimate of drug-likeness (QED) is 0.558. The molecule has 0 fully saturated rings. The first-order valence-electron chi connectivity index (χ1n) is 7.94. The average molecular weight is 350 g/mol. The highest BCUT2D eigenvalue weighted by atomic mass is 16.5. The lowest BCUT2D eigenvalue weighted by Gasteiger charge is -2.18. The molecule has 4 N–H and O–H groups in total. The van der Waals surface area contributed by atoms with Crippen LogP contribution in [0.3, 0.4) is 0 Å². The second-order valence-electron chi connectivity index (χ2n) is 6.44. The lowest BCUT2D eigenvalue weighted by molar-refractivity contribution is -0.123. The minimum Gasteiger partial charge on any atom is -0.383 e. The van der Waals surface area contributed by atoms with Crippen LogP contribution in [0.25, 0.3) is 0 Å². The van der Waals surface area contributed by atoms with Crippen LogP contribution in [-0.2, 0) is 14.3 Å². The molecular formula is C17H26N4O4. The van der Waals surface area contributed by atoms with Gasteiger partial charge in [0.25, 0.3) is 0 Å². The number of nitrogens with one attached hydrogen (secondary N) is 4. The number of benzene rings is 1. The van der Waals surface area contributed by atoms with Gasteiger partial charge in [0, 0.05) is 30.4 Å². The van der Waals surface area contributed by atoms with E-state index in [-0.39, 0.29) is 12.5 Å². The van der Waals surface area contributed by atoms with E-state index in [1.54, 1.807) is 24.3 Å². The second-order valence-corrected chi connectivity index (χ2v) is 6.44. The fourth-order valence-corrected chi connectivity index (χ4v) is 1.69. The van der Waals surface area contributed by atoms with Crippen LogP contribution in [-0.4, -0.2) is 44.7 Å². The Balaban J connectivity index is 2.47. The number of rotatable bonds is 7. The third-order valence-electron chi connectivity index (χ3n) is 3.10. The Kier molecular flexibility index (Phi) is 7.87. The molecule has 138 valence electrons. The van der Waals surface area contributed by atoms with Gasteiger partial charge in [0.1, 0.15) is 0 Å². The van der Waals surface area contributed by atoms with Gasteiger partial charge in [0.05, 0.1) is 13.2 Å². The zero-order valence-electron chi connectivity index (χ0n) is 15.1. The van der Waals surface area contributed by atoms with Gasteiger partial charge >= 0.3 is 6.03 Å². The van der Waals surface area contributed by atoms with Crippen LogP contribution in [0.2, 0.25) is 0 Å². The van der Waals surface area contributed by atoms with Crippen molar-refractivity contribution in [2.75, 3.05) is 37.4 Å². The fraction of sp³-hybridized carbons (Fsp3) is 0.471. The van der Waals surface area contributed by atoms with Crippen LogP contribution < -0.4 is 21.3 Å². The monoisotopic (exact) mass is 350 g/mol. The number of hydrogen-bond donors (Lipinski definition) is 4. The molecule has 1 aromatic carbocycles. The molecule has 8 heteroatoms. The number of hydrogen-bond acceptors (Lipinski definition) is 5. The number of amides is 4. The first kappa shape index (κ1) is 20.4. The predicted molar refractivity (Wildman–Crippen MR) is 96.4 cm³/mol. The van der Waals surface area contributed by atoms with Gasteiger partial charge in [-0.25, -0.2) is 4.79 Å². The molecule has 0 bridgehead atoms. The van der Waals surface area contributed by atoms with Crippen molar-refractivity contribution in [3.05, 3.63) is 24.3 Å². The van der Waals surface area contributed by atoms with Crippen LogP contribution >= 0.6 is 0 Å². The third-order valence-corrected chi connectivity index (χ3v) is 3.10. The Bertz CT molecular complexity index is 611. The van der Waals surface area contributed by atoms with E-state index in [1.165, 1.54) is 7.11 Å². The van der Waals surface area contributed by atoms with Crippen molar-refractivity contribution in [3.8, 4) is 0 Å². The molecule has 1 rings (SSSR count). The number of imide groups is 1. The zero-order valence-corrected chi connectivity index (χ0v) is 15.1. The van der Waals surface area contributed by atoms with Crippen LogP contribution in [0.5, 0.6) is 0 Å². The van der Waals surface area contributed by atoms with Crippen LogP contribution in [0.15, 0.2) is 24.3 Å². The van der Waals surface area contributed by atoms with E-state index >= 15 is 0 Å². The molecule has 8 nitrogen and oxygen atoms in total. The summed E-state index contributed by atoms with van der Waals surface area (Å²) in [4.78, 5) is 35.1. The maximum Gasteiger partial charge on any atom is 0.321 e. The van der Waals surface area contributed by atoms with Crippen molar-refractivity contribution < 1.29 is 19.1 Å². The summed E-state index contributed by atoms with van der Waals surface area (Å²) in [6.45, 7) is 6.09. The predicted octanol–water partition coefficient (Wildman–Crippen LogP) is 1.56. The van der Waals surface area contributed by atoms with E-state index in [9.17, 15) is 14.4 Å². The van der Waals surface area contributed by atoms with Gasteiger partial charge in [-0.3, -0.25) is 14.9 Å². The Labute approximate surface area is 147 Å². The number of anilines is 2. The van der Waals surface area contributed by atoms with Gasteiger partial charge in [-0.2, -0.15) is 0 Å². The molecule has 0 radical (unpaired) electrons. The van der Waals surface area contributed by atoms with Crippen molar-refractivity contribution >= 4 is 29.2 Å². The van der Waals surface area contributed by atoms with Gasteiger partial charge in [-0.1, -0.05) is 26.8 Å². The lowest BCUT2D eigenvalue weighted by atomic mass is 9.95. The maximum absolute atomic E-state index is 12.0. The number of urea groups is 1. The Hall–Kier alpha value is -2.61. The SMILES string of the molecule is COCCNC(=O)NC(=O)CNc1cccc(NC(=O)C(C)(C)C)c1. The first-order chi connectivity index (χ1) is 11.7. The van der Waals surface area contributed by atoms with Gasteiger partial charge < -0.3 is 20.7 Å². The summed E-state index contributed by atoms with van der Waals surface area (Å²) < 4.78 is 4.79. The van der Waals surface area contributed by atoms with Gasteiger partial charge in [0.15, 0.2) is 0 Å². The maximum atomic E-state index is 12.0. The Morgan fingerprint density at radius 1 is 1.12 bits per heavy atom. The normalized spacial score (nSPS) is 10.7. The lowest BCUT2D eigenvalue weighted by Crippen LogP contribution is -2.42. The van der Waals surface area contributed by atoms with Crippen LogP contribution in [0.4, 0.5) is 16.2 Å². The fourth-order valence-electron chi connectivity index (χ4n) is 1.69. The number of methoxy groups -OCH3 is 1. The van der Waals surface area contributed by atoms with E-state index in [2.05, 4.69) is 21.3 Å². The molecule has 0 saturated heterocycles. The molecule has 0 aliphatic rings. The molecular weight excluding hydrogens is 324 g/mol. The van der Waals surface area contributed by atoms with Crippen molar-refractivity contribution in [2.45, 2.75) is 20.8 Å². The first-order valence-corrected chi connectivity index (χ1v) is 7.94. The summed E-state index contributed by atoms with van der Waals surface area (Å²) >= 11 is 0. The summed E-state index contributed by atoms with van der Waals surface area (Å²) in [7, 11) is 1.52. The minimum absolute atomic E-state index is 0.0750. The molecule has 0 aliphatic carbocycles. The topological polar surface area (TPSA) is 109 Å². The Morgan fingerprint density at radius 3 is 2.44 bits per heavy atom. The molecule has 4 amide bonds. The van der Waals surface area contributed by atoms with E-state index in [0.29, 0.717) is 24.5 Å². The summed E-state index contributed by atoms with van der Waals surface area (Å²) in [5.41, 5.74) is 0.781. The average Bonchev–Trinajstić information content (AvgIpc) is 2.52. The van der Waals surface area contributed by atoms with Gasteiger partial charge in [0.2, 0.25) is 11.8 Å². The number of carbonyl (C=O) groups excluding carboxylic acids is 3. The highest BCUT2D eigenvalue weighted by molar-refractivity contribution is 5.96. The molecule has 0 spiro atoms. The van der Waals surface area contributed by atoms with Crippen LogP contribution in [0.1, 0.15) is 20.8 Å².